The summed E-state index contributed by atoms with van der Waals surface area (Å²) in [6, 6.07) is 4.79. The minimum Gasteiger partial charge on any atom is -0.507 e. The van der Waals surface area contributed by atoms with Crippen LogP contribution in [0.3, 0.4) is 0 Å². The monoisotopic (exact) mass is 237 g/mol. The molecule has 0 unspecified atom stereocenters. The molecule has 0 heterocycles. The highest BCUT2D eigenvalue weighted by Gasteiger charge is 2.14. The number of phenolic OH excluding ortho intramolecular Hbond substituents is 1. The van der Waals surface area contributed by atoms with E-state index in [1.807, 2.05) is 13.8 Å². The molecule has 0 spiro atoms. The topological polar surface area (TPSA) is 58.6 Å². The predicted molar refractivity (Wildman–Crippen MR) is 66.5 cm³/mol. The Morgan fingerprint density at radius 3 is 2.53 bits per heavy atom. The van der Waals surface area contributed by atoms with Crippen LogP contribution in [0.4, 0.5) is 0 Å². The van der Waals surface area contributed by atoms with Crippen LogP contribution in [0.15, 0.2) is 18.2 Å². The summed E-state index contributed by atoms with van der Waals surface area (Å²) in [6.45, 7) is 4.03. The van der Waals surface area contributed by atoms with E-state index in [0.717, 1.165) is 12.8 Å². The molecule has 1 aromatic carbocycles. The Labute approximate surface area is 102 Å². The molecular formula is C13H19NO3. The van der Waals surface area contributed by atoms with E-state index < -0.39 is 0 Å². The molecule has 17 heavy (non-hydrogen) atoms. The number of nitrogens with one attached hydrogen (secondary N) is 1. The van der Waals surface area contributed by atoms with E-state index in [4.69, 9.17) is 4.74 Å². The van der Waals surface area contributed by atoms with E-state index in [2.05, 4.69) is 5.32 Å². The van der Waals surface area contributed by atoms with Crippen LogP contribution in [0.5, 0.6) is 11.5 Å². The van der Waals surface area contributed by atoms with Crippen LogP contribution < -0.4 is 10.1 Å². The van der Waals surface area contributed by atoms with Gasteiger partial charge in [-0.05, 0) is 25.0 Å². The van der Waals surface area contributed by atoms with Gasteiger partial charge in [0.05, 0.1) is 12.7 Å². The summed E-state index contributed by atoms with van der Waals surface area (Å²) in [5, 5.41) is 12.6. The van der Waals surface area contributed by atoms with Crippen molar-refractivity contribution in [3.05, 3.63) is 23.8 Å². The number of amides is 1. The van der Waals surface area contributed by atoms with Gasteiger partial charge in [0.2, 0.25) is 0 Å². The zero-order valence-corrected chi connectivity index (χ0v) is 10.5. The molecule has 0 saturated carbocycles. The molecule has 0 aliphatic heterocycles. The normalized spacial score (nSPS) is 10.4. The van der Waals surface area contributed by atoms with Gasteiger partial charge in [0, 0.05) is 12.1 Å². The van der Waals surface area contributed by atoms with Gasteiger partial charge in [-0.2, -0.15) is 0 Å². The summed E-state index contributed by atoms with van der Waals surface area (Å²) in [7, 11) is 1.51. The molecule has 0 aromatic heterocycles. The van der Waals surface area contributed by atoms with Crippen molar-refractivity contribution in [2.24, 2.45) is 0 Å². The van der Waals surface area contributed by atoms with Gasteiger partial charge < -0.3 is 15.2 Å². The van der Waals surface area contributed by atoms with Gasteiger partial charge in [-0.1, -0.05) is 13.8 Å². The highest BCUT2D eigenvalue weighted by Crippen LogP contribution is 2.23. The Morgan fingerprint density at radius 2 is 2.06 bits per heavy atom. The molecule has 0 saturated heterocycles. The van der Waals surface area contributed by atoms with E-state index in [1.165, 1.54) is 13.2 Å². The molecule has 1 aromatic rings. The average molecular weight is 237 g/mol. The number of hydrogen-bond donors (Lipinski definition) is 2. The van der Waals surface area contributed by atoms with Crippen molar-refractivity contribution in [3.63, 3.8) is 0 Å². The quantitative estimate of drug-likeness (QED) is 0.826. The maximum atomic E-state index is 11.9. The summed E-state index contributed by atoms with van der Waals surface area (Å²) >= 11 is 0. The summed E-state index contributed by atoms with van der Waals surface area (Å²) < 4.78 is 4.96. The number of phenols is 1. The molecule has 1 rings (SSSR count). The van der Waals surface area contributed by atoms with Crippen LogP contribution >= 0.6 is 0 Å². The highest BCUT2D eigenvalue weighted by molar-refractivity contribution is 5.97. The van der Waals surface area contributed by atoms with E-state index in [-0.39, 0.29) is 23.3 Å². The SMILES string of the molecule is CCC(CC)NC(=O)c1ccc(OC)cc1O. The molecule has 0 fully saturated rings. The minimum atomic E-state index is -0.251. The smallest absolute Gasteiger partial charge is 0.255 e. The molecule has 2 N–H and O–H groups in total. The van der Waals surface area contributed by atoms with Gasteiger partial charge >= 0.3 is 0 Å². The first-order valence-electron chi connectivity index (χ1n) is 5.80. The fourth-order valence-electron chi connectivity index (χ4n) is 1.59. The second kappa shape index (κ2) is 6.13. The van der Waals surface area contributed by atoms with Gasteiger partial charge in [0.25, 0.3) is 5.91 Å². The summed E-state index contributed by atoms with van der Waals surface area (Å²) in [4.78, 5) is 11.9. The molecule has 94 valence electrons. The van der Waals surface area contributed by atoms with Gasteiger partial charge in [-0.25, -0.2) is 0 Å². The lowest BCUT2D eigenvalue weighted by Gasteiger charge is -2.15. The largest absolute Gasteiger partial charge is 0.507 e. The number of rotatable bonds is 5. The molecule has 0 atom stereocenters. The van der Waals surface area contributed by atoms with Crippen LogP contribution in [0, 0.1) is 0 Å². The number of carbonyl (C=O) groups is 1. The van der Waals surface area contributed by atoms with E-state index in [0.29, 0.717) is 5.75 Å². The first-order valence-corrected chi connectivity index (χ1v) is 5.80. The number of aromatic hydroxyl groups is 1. The Morgan fingerprint density at radius 1 is 1.41 bits per heavy atom. The first kappa shape index (κ1) is 13.4. The Bertz CT molecular complexity index is 386. The predicted octanol–water partition coefficient (Wildman–Crippen LogP) is 2.32. The van der Waals surface area contributed by atoms with Crippen LogP contribution in [0.25, 0.3) is 0 Å². The van der Waals surface area contributed by atoms with Crippen LogP contribution in [-0.4, -0.2) is 24.2 Å². The van der Waals surface area contributed by atoms with Gasteiger partial charge in [0.1, 0.15) is 11.5 Å². The van der Waals surface area contributed by atoms with Crippen molar-refractivity contribution >= 4 is 5.91 Å². The molecule has 1 amide bonds. The standard InChI is InChI=1S/C13H19NO3/c1-4-9(5-2)14-13(16)11-7-6-10(17-3)8-12(11)15/h6-9,15H,4-5H2,1-3H3,(H,14,16). The number of carbonyl (C=O) groups excluding carboxylic acids is 1. The average Bonchev–Trinajstić information content (AvgIpc) is 2.35. The number of benzene rings is 1. The second-order valence-corrected chi connectivity index (χ2v) is 3.87. The maximum absolute atomic E-state index is 11.9. The molecule has 4 heteroatoms. The molecule has 0 radical (unpaired) electrons. The molecule has 4 nitrogen and oxygen atoms in total. The van der Waals surface area contributed by atoms with Crippen molar-refractivity contribution in [2.75, 3.05) is 7.11 Å². The van der Waals surface area contributed by atoms with E-state index >= 15 is 0 Å². The number of ether oxygens (including phenoxy) is 1. The second-order valence-electron chi connectivity index (χ2n) is 3.87. The first-order chi connectivity index (χ1) is 8.12. The molecule has 0 aliphatic rings. The third kappa shape index (κ3) is 3.37. The Kier molecular flexibility index (Phi) is 4.82. The lowest BCUT2D eigenvalue weighted by atomic mass is 10.1. The Hall–Kier alpha value is -1.71. The third-order valence-electron chi connectivity index (χ3n) is 2.77. The van der Waals surface area contributed by atoms with Gasteiger partial charge in [-0.15, -0.1) is 0 Å². The summed E-state index contributed by atoms with van der Waals surface area (Å²) in [5.74, 6) is 0.216. The lowest BCUT2D eigenvalue weighted by molar-refractivity contribution is 0.0932. The van der Waals surface area contributed by atoms with Crippen molar-refractivity contribution < 1.29 is 14.6 Å². The third-order valence-corrected chi connectivity index (χ3v) is 2.77. The molecular weight excluding hydrogens is 218 g/mol. The minimum absolute atomic E-state index is 0.0622. The van der Waals surface area contributed by atoms with Crippen LogP contribution in [-0.2, 0) is 0 Å². The van der Waals surface area contributed by atoms with E-state index in [9.17, 15) is 9.90 Å². The van der Waals surface area contributed by atoms with Crippen molar-refractivity contribution in [3.8, 4) is 11.5 Å². The number of methoxy groups -OCH3 is 1. The summed E-state index contributed by atoms with van der Waals surface area (Å²) in [6.07, 6.45) is 1.75. The van der Waals surface area contributed by atoms with E-state index in [1.54, 1.807) is 12.1 Å². The van der Waals surface area contributed by atoms with Gasteiger partial charge in [0.15, 0.2) is 0 Å². The summed E-state index contributed by atoms with van der Waals surface area (Å²) in [5.41, 5.74) is 0.276. The highest BCUT2D eigenvalue weighted by atomic mass is 16.5. The fourth-order valence-corrected chi connectivity index (χ4v) is 1.59. The number of hydrogen-bond acceptors (Lipinski definition) is 3. The van der Waals surface area contributed by atoms with Gasteiger partial charge in [-0.3, -0.25) is 4.79 Å². The van der Waals surface area contributed by atoms with Crippen molar-refractivity contribution in [1.29, 1.82) is 0 Å². The lowest BCUT2D eigenvalue weighted by Crippen LogP contribution is -2.33. The van der Waals surface area contributed by atoms with Crippen LogP contribution in [0.2, 0.25) is 0 Å². The van der Waals surface area contributed by atoms with Crippen molar-refractivity contribution in [1.82, 2.24) is 5.32 Å². The zero-order valence-electron chi connectivity index (χ0n) is 10.5. The Balaban J connectivity index is 2.82. The maximum Gasteiger partial charge on any atom is 0.255 e. The molecule has 0 bridgehead atoms. The molecule has 0 aliphatic carbocycles. The van der Waals surface area contributed by atoms with Crippen LogP contribution in [0.1, 0.15) is 37.0 Å². The fraction of sp³-hybridized carbons (Fsp3) is 0.462. The van der Waals surface area contributed by atoms with Crippen molar-refractivity contribution in [2.45, 2.75) is 32.7 Å². The zero-order chi connectivity index (χ0) is 12.8.